The highest BCUT2D eigenvalue weighted by molar-refractivity contribution is 5.75. The Bertz CT molecular complexity index is 543. The van der Waals surface area contributed by atoms with Gasteiger partial charge in [-0.15, -0.1) is 0 Å². The number of fused-ring (bicyclic) bond motifs is 1. The van der Waals surface area contributed by atoms with Crippen LogP contribution in [-0.2, 0) is 0 Å². The molecule has 1 atom stereocenters. The first-order chi connectivity index (χ1) is 8.24. The van der Waals surface area contributed by atoms with Crippen LogP contribution in [0.25, 0.3) is 11.0 Å². The maximum absolute atomic E-state index is 11.2. The van der Waals surface area contributed by atoms with Crippen LogP contribution in [0.4, 0.5) is 0 Å². The summed E-state index contributed by atoms with van der Waals surface area (Å²) in [5.41, 5.74) is 2.73. The van der Waals surface area contributed by atoms with Gasteiger partial charge in [0.05, 0.1) is 11.0 Å². The number of aromatic amines is 2. The third kappa shape index (κ3) is 2.57. The fraction of sp³-hybridized carbons (Fsp3) is 0.417. The molecule has 2 aromatic rings. The fourth-order valence-corrected chi connectivity index (χ4v) is 2.03. The summed E-state index contributed by atoms with van der Waals surface area (Å²) in [4.78, 5) is 16.7. The summed E-state index contributed by atoms with van der Waals surface area (Å²) in [6.07, 6.45) is 1.01. The molecule has 5 heteroatoms. The molecule has 0 aliphatic heterocycles. The largest absolute Gasteiger partial charge is 0.323 e. The van der Waals surface area contributed by atoms with Gasteiger partial charge in [-0.05, 0) is 44.8 Å². The van der Waals surface area contributed by atoms with E-state index < -0.39 is 0 Å². The van der Waals surface area contributed by atoms with Crippen LogP contribution in [0, 0.1) is 0 Å². The number of hydrogen-bond acceptors (Lipinski definition) is 3. The van der Waals surface area contributed by atoms with Crippen LogP contribution >= 0.6 is 0 Å². The third-order valence-corrected chi connectivity index (χ3v) is 2.97. The highest BCUT2D eigenvalue weighted by Crippen LogP contribution is 2.19. The quantitative estimate of drug-likeness (QED) is 0.616. The summed E-state index contributed by atoms with van der Waals surface area (Å²) in [5, 5.41) is 6.42. The molecular weight excluding hydrogens is 216 g/mol. The number of rotatable bonds is 5. The predicted octanol–water partition coefficient (Wildman–Crippen LogP) is 0.726. The second-order valence-corrected chi connectivity index (χ2v) is 4.12. The van der Waals surface area contributed by atoms with E-state index in [9.17, 15) is 4.79 Å². The van der Waals surface area contributed by atoms with E-state index in [1.54, 1.807) is 0 Å². The first-order valence-corrected chi connectivity index (χ1v) is 5.78. The third-order valence-electron chi connectivity index (χ3n) is 2.97. The van der Waals surface area contributed by atoms with Gasteiger partial charge < -0.3 is 20.6 Å². The zero-order valence-electron chi connectivity index (χ0n) is 10.1. The molecule has 4 N–H and O–H groups in total. The molecule has 0 bridgehead atoms. The summed E-state index contributed by atoms with van der Waals surface area (Å²) in [7, 11) is 3.89. The number of aromatic nitrogens is 2. The summed E-state index contributed by atoms with van der Waals surface area (Å²) in [6.45, 7) is 0.952. The van der Waals surface area contributed by atoms with Crippen molar-refractivity contribution in [1.82, 2.24) is 20.6 Å². The molecule has 0 fully saturated rings. The van der Waals surface area contributed by atoms with Crippen molar-refractivity contribution in [1.29, 1.82) is 0 Å². The number of imidazole rings is 1. The van der Waals surface area contributed by atoms with Crippen molar-refractivity contribution in [3.8, 4) is 0 Å². The molecule has 1 aromatic heterocycles. The number of nitrogens with one attached hydrogen (secondary N) is 4. The Balaban J connectivity index is 2.30. The maximum atomic E-state index is 11.2. The molecule has 2 rings (SSSR count). The Kier molecular flexibility index (Phi) is 3.61. The topological polar surface area (TPSA) is 72.7 Å². The molecule has 92 valence electrons. The van der Waals surface area contributed by atoms with Gasteiger partial charge in [-0.2, -0.15) is 0 Å². The van der Waals surface area contributed by atoms with E-state index in [1.807, 2.05) is 32.3 Å². The van der Waals surface area contributed by atoms with Crippen LogP contribution in [0.1, 0.15) is 18.0 Å². The molecule has 1 aromatic carbocycles. The average Bonchev–Trinajstić information content (AvgIpc) is 2.69. The van der Waals surface area contributed by atoms with Crippen molar-refractivity contribution < 1.29 is 0 Å². The lowest BCUT2D eigenvalue weighted by Gasteiger charge is -2.16. The first kappa shape index (κ1) is 11.9. The minimum atomic E-state index is -0.159. The lowest BCUT2D eigenvalue weighted by molar-refractivity contribution is 0.533. The van der Waals surface area contributed by atoms with Crippen LogP contribution in [-0.4, -0.2) is 30.6 Å². The zero-order chi connectivity index (χ0) is 12.3. The summed E-state index contributed by atoms with van der Waals surface area (Å²) < 4.78 is 0. The first-order valence-electron chi connectivity index (χ1n) is 5.78. The molecule has 0 saturated heterocycles. The second-order valence-electron chi connectivity index (χ2n) is 4.12. The molecular formula is C12H18N4O. The lowest BCUT2D eigenvalue weighted by atomic mass is 10.0. The van der Waals surface area contributed by atoms with E-state index in [-0.39, 0.29) is 5.69 Å². The second kappa shape index (κ2) is 5.16. The molecule has 1 unspecified atom stereocenters. The van der Waals surface area contributed by atoms with E-state index in [4.69, 9.17) is 0 Å². The molecule has 1 heterocycles. The average molecular weight is 234 g/mol. The van der Waals surface area contributed by atoms with E-state index in [2.05, 4.69) is 20.6 Å². The molecule has 0 radical (unpaired) electrons. The summed E-state index contributed by atoms with van der Waals surface area (Å²) in [5.74, 6) is 0. The predicted molar refractivity (Wildman–Crippen MR) is 69.3 cm³/mol. The van der Waals surface area contributed by atoms with Crippen LogP contribution in [0.5, 0.6) is 0 Å². The molecule has 0 amide bonds. The smallest absolute Gasteiger partial charge is 0.320 e. The Hall–Kier alpha value is -1.59. The van der Waals surface area contributed by atoms with Gasteiger partial charge in [0.15, 0.2) is 0 Å². The van der Waals surface area contributed by atoms with Gasteiger partial charge in [-0.1, -0.05) is 6.07 Å². The molecule has 5 nitrogen and oxygen atoms in total. The summed E-state index contributed by atoms with van der Waals surface area (Å²) >= 11 is 0. The normalized spacial score (nSPS) is 13.1. The van der Waals surface area contributed by atoms with Gasteiger partial charge in [0, 0.05) is 6.04 Å². The number of H-pyrrole nitrogens is 2. The van der Waals surface area contributed by atoms with Crippen molar-refractivity contribution in [3.05, 3.63) is 34.2 Å². The van der Waals surface area contributed by atoms with Gasteiger partial charge in [0.25, 0.3) is 0 Å². The van der Waals surface area contributed by atoms with E-state index >= 15 is 0 Å². The van der Waals surface area contributed by atoms with Gasteiger partial charge in [-0.3, -0.25) is 0 Å². The standard InChI is InChI=1S/C12H18N4O/c1-13-6-5-9(14-2)8-3-4-10-11(7-8)16-12(17)15-10/h3-4,7,9,13-14H,5-6H2,1-2H3,(H2,15,16,17). The Morgan fingerprint density at radius 2 is 2.00 bits per heavy atom. The van der Waals surface area contributed by atoms with Gasteiger partial charge in [0.1, 0.15) is 0 Å². The zero-order valence-corrected chi connectivity index (χ0v) is 10.1. The van der Waals surface area contributed by atoms with Crippen LogP contribution in [0.15, 0.2) is 23.0 Å². The highest BCUT2D eigenvalue weighted by atomic mass is 16.1. The van der Waals surface area contributed by atoms with Crippen molar-refractivity contribution in [2.45, 2.75) is 12.5 Å². The van der Waals surface area contributed by atoms with E-state index in [0.29, 0.717) is 6.04 Å². The van der Waals surface area contributed by atoms with Crippen LogP contribution < -0.4 is 16.3 Å². The van der Waals surface area contributed by atoms with E-state index in [0.717, 1.165) is 24.0 Å². The number of benzene rings is 1. The maximum Gasteiger partial charge on any atom is 0.323 e. The van der Waals surface area contributed by atoms with Crippen molar-refractivity contribution in [2.24, 2.45) is 0 Å². The van der Waals surface area contributed by atoms with Gasteiger partial charge in [0.2, 0.25) is 0 Å². The SMILES string of the molecule is CNCCC(NC)c1ccc2[nH]c(=O)[nH]c2c1. The van der Waals surface area contributed by atoms with Crippen molar-refractivity contribution in [2.75, 3.05) is 20.6 Å². The monoisotopic (exact) mass is 234 g/mol. The Morgan fingerprint density at radius 3 is 2.71 bits per heavy atom. The minimum Gasteiger partial charge on any atom is -0.320 e. The van der Waals surface area contributed by atoms with Crippen molar-refractivity contribution in [3.63, 3.8) is 0 Å². The molecule has 0 spiro atoms. The molecule has 0 aliphatic carbocycles. The molecule has 0 aliphatic rings. The van der Waals surface area contributed by atoms with Gasteiger partial charge in [-0.25, -0.2) is 4.79 Å². The lowest BCUT2D eigenvalue weighted by Crippen LogP contribution is -2.21. The minimum absolute atomic E-state index is 0.159. The number of hydrogen-bond donors (Lipinski definition) is 4. The Morgan fingerprint density at radius 1 is 1.24 bits per heavy atom. The van der Waals surface area contributed by atoms with Crippen LogP contribution in [0.3, 0.4) is 0 Å². The summed E-state index contributed by atoms with van der Waals surface area (Å²) in [6, 6.07) is 6.30. The van der Waals surface area contributed by atoms with Crippen molar-refractivity contribution >= 4 is 11.0 Å². The van der Waals surface area contributed by atoms with E-state index in [1.165, 1.54) is 5.56 Å². The highest BCUT2D eigenvalue weighted by Gasteiger charge is 2.09. The molecule has 17 heavy (non-hydrogen) atoms. The molecule has 0 saturated carbocycles. The fourth-order valence-electron chi connectivity index (χ4n) is 2.03. The Labute approximate surface area is 99.6 Å². The van der Waals surface area contributed by atoms with Crippen LogP contribution in [0.2, 0.25) is 0 Å². The van der Waals surface area contributed by atoms with Gasteiger partial charge >= 0.3 is 5.69 Å².